The van der Waals surface area contributed by atoms with Crippen LogP contribution in [0.2, 0.25) is 0 Å². The Balaban J connectivity index is 0. The molecule has 0 bridgehead atoms. The van der Waals surface area contributed by atoms with Gasteiger partial charge in [0.25, 0.3) is 0 Å². The van der Waals surface area contributed by atoms with Gasteiger partial charge < -0.3 is 10.8 Å². The van der Waals surface area contributed by atoms with Crippen molar-refractivity contribution in [3.63, 3.8) is 0 Å². The molecule has 0 amide bonds. The number of carbonyl (C=O) groups excluding carboxylic acids is 2. The number of halogens is 3. The van der Waals surface area contributed by atoms with E-state index in [0.717, 1.165) is 3.57 Å². The van der Waals surface area contributed by atoms with Gasteiger partial charge in [-0.2, -0.15) is 0 Å². The second kappa shape index (κ2) is 10.7. The zero-order chi connectivity index (χ0) is 15.3. The SMILES string of the molecule is CC(=O)C(C)=O.Nc1c(I)cc(I)c(C(=O)O)c1I.[NaH]. The molecular formula is C11H11I3NNaO4. The average molecular weight is 625 g/mol. The normalized spacial score (nSPS) is 8.85. The number of ketones is 2. The third kappa shape index (κ3) is 7.33. The molecule has 0 unspecified atom stereocenters. The number of rotatable bonds is 2. The Morgan fingerprint density at radius 2 is 1.45 bits per heavy atom. The van der Waals surface area contributed by atoms with Crippen LogP contribution in [0.25, 0.3) is 0 Å². The minimum atomic E-state index is -0.933. The van der Waals surface area contributed by atoms with Gasteiger partial charge in [0.1, 0.15) is 0 Å². The second-order valence-electron chi connectivity index (χ2n) is 3.36. The standard InChI is InChI=1S/C7H4I3NO2.C4H6O2.Na.H/c8-2-1-3(9)6(11)5(10)4(2)7(12)13;1-3(5)4(2)6;;/h1H,11H2,(H,12,13);1-2H3;;. The molecule has 0 atom stereocenters. The summed E-state index contributed by atoms with van der Waals surface area (Å²) in [4.78, 5) is 30.4. The summed E-state index contributed by atoms with van der Waals surface area (Å²) in [6.45, 7) is 2.50. The van der Waals surface area contributed by atoms with E-state index in [0.29, 0.717) is 18.4 Å². The molecule has 1 aromatic carbocycles. The minimum absolute atomic E-state index is 0. The van der Waals surface area contributed by atoms with Crippen LogP contribution in [0, 0.1) is 10.7 Å². The number of hydrogen-bond donors (Lipinski definition) is 2. The number of carboxylic acids is 1. The van der Waals surface area contributed by atoms with E-state index in [1.54, 1.807) is 6.07 Å². The summed E-state index contributed by atoms with van der Waals surface area (Å²) >= 11 is 6.04. The van der Waals surface area contributed by atoms with Crippen molar-refractivity contribution in [2.45, 2.75) is 13.8 Å². The first-order valence-corrected chi connectivity index (χ1v) is 8.01. The van der Waals surface area contributed by atoms with E-state index in [9.17, 15) is 14.4 Å². The van der Waals surface area contributed by atoms with Gasteiger partial charge in [-0.1, -0.05) is 0 Å². The molecule has 1 rings (SSSR count). The third-order valence-corrected chi connectivity index (χ3v) is 4.78. The van der Waals surface area contributed by atoms with Crippen molar-refractivity contribution >= 4 is 121 Å². The Morgan fingerprint density at radius 3 is 1.75 bits per heavy atom. The van der Waals surface area contributed by atoms with Gasteiger partial charge in [-0.15, -0.1) is 0 Å². The van der Waals surface area contributed by atoms with Gasteiger partial charge in [-0.25, -0.2) is 4.79 Å². The van der Waals surface area contributed by atoms with Crippen LogP contribution in [0.1, 0.15) is 24.2 Å². The van der Waals surface area contributed by atoms with Crippen molar-refractivity contribution in [3.05, 3.63) is 22.3 Å². The molecule has 0 heterocycles. The fraction of sp³-hybridized carbons (Fsp3) is 0.182. The predicted molar refractivity (Wildman–Crippen MR) is 104 cm³/mol. The van der Waals surface area contributed by atoms with Crippen molar-refractivity contribution in [3.8, 4) is 0 Å². The zero-order valence-corrected chi connectivity index (χ0v) is 16.4. The van der Waals surface area contributed by atoms with Crippen molar-refractivity contribution in [2.75, 3.05) is 5.73 Å². The Morgan fingerprint density at radius 1 is 1.05 bits per heavy atom. The van der Waals surface area contributed by atoms with Crippen molar-refractivity contribution in [1.82, 2.24) is 0 Å². The Bertz CT molecular complexity index is 537. The molecule has 0 radical (unpaired) electrons. The molecule has 3 N–H and O–H groups in total. The number of nitrogens with two attached hydrogens (primary N) is 1. The molecule has 0 aromatic heterocycles. The summed E-state index contributed by atoms with van der Waals surface area (Å²) in [6.07, 6.45) is 0. The van der Waals surface area contributed by atoms with Gasteiger partial charge in [-0.05, 0) is 73.8 Å². The van der Waals surface area contributed by atoms with Crippen LogP contribution in [0.5, 0.6) is 0 Å². The molecule has 20 heavy (non-hydrogen) atoms. The number of hydrogen-bond acceptors (Lipinski definition) is 4. The van der Waals surface area contributed by atoms with Crippen LogP contribution in [0.4, 0.5) is 5.69 Å². The molecule has 1 aromatic rings. The van der Waals surface area contributed by atoms with Gasteiger partial charge in [0.05, 0.1) is 14.8 Å². The fourth-order valence-corrected chi connectivity index (χ4v) is 4.63. The van der Waals surface area contributed by atoms with E-state index >= 15 is 0 Å². The van der Waals surface area contributed by atoms with Crippen LogP contribution in [-0.2, 0) is 9.59 Å². The van der Waals surface area contributed by atoms with E-state index in [4.69, 9.17) is 10.8 Å². The average Bonchev–Trinajstić information content (AvgIpc) is 2.26. The van der Waals surface area contributed by atoms with E-state index in [1.165, 1.54) is 13.8 Å². The number of anilines is 1. The van der Waals surface area contributed by atoms with Gasteiger partial charge >= 0.3 is 35.5 Å². The molecular weight excluding hydrogens is 614 g/mol. The first kappa shape index (κ1) is 23.3. The monoisotopic (exact) mass is 625 g/mol. The van der Waals surface area contributed by atoms with Crippen LogP contribution in [0.15, 0.2) is 6.07 Å². The quantitative estimate of drug-likeness (QED) is 0.228. The first-order chi connectivity index (χ1) is 8.59. The van der Waals surface area contributed by atoms with E-state index in [-0.39, 0.29) is 41.1 Å². The van der Waals surface area contributed by atoms with E-state index in [2.05, 4.69) is 22.6 Å². The number of aromatic carboxylic acids is 1. The van der Waals surface area contributed by atoms with Crippen molar-refractivity contribution in [1.29, 1.82) is 0 Å². The maximum atomic E-state index is 10.8. The molecule has 0 fully saturated rings. The molecule has 0 aliphatic carbocycles. The van der Waals surface area contributed by atoms with Crippen molar-refractivity contribution in [2.24, 2.45) is 0 Å². The number of nitrogen functional groups attached to an aromatic ring is 1. The van der Waals surface area contributed by atoms with E-state index < -0.39 is 5.97 Å². The summed E-state index contributed by atoms with van der Waals surface area (Å²) in [6, 6.07) is 1.77. The van der Waals surface area contributed by atoms with Crippen LogP contribution < -0.4 is 5.73 Å². The number of Topliss-reactive ketones (excluding diaryl/α,β-unsaturated/α-hetero) is 2. The summed E-state index contributed by atoms with van der Waals surface area (Å²) in [5, 5.41) is 8.89. The molecule has 0 aliphatic rings. The number of carbonyl (C=O) groups is 3. The van der Waals surface area contributed by atoms with Gasteiger partial charge in [-0.3, -0.25) is 9.59 Å². The molecule has 5 nitrogen and oxygen atoms in total. The summed E-state index contributed by atoms with van der Waals surface area (Å²) in [5.41, 5.74) is 6.54. The third-order valence-electron chi connectivity index (χ3n) is 1.92. The number of carboxylic acid groups (broad SMARTS) is 1. The summed E-state index contributed by atoms with van der Waals surface area (Å²) in [7, 11) is 0. The van der Waals surface area contributed by atoms with E-state index in [1.807, 2.05) is 45.2 Å². The summed E-state index contributed by atoms with van der Waals surface area (Å²) < 4.78 is 2.21. The molecule has 0 aliphatic heterocycles. The van der Waals surface area contributed by atoms with Crippen molar-refractivity contribution < 1.29 is 19.5 Å². The van der Waals surface area contributed by atoms with Gasteiger partial charge in [0.2, 0.25) is 0 Å². The summed E-state index contributed by atoms with van der Waals surface area (Å²) in [5.74, 6) is -1.69. The fourth-order valence-electron chi connectivity index (χ4n) is 0.802. The maximum absolute atomic E-state index is 10.8. The van der Waals surface area contributed by atoms with Gasteiger partial charge in [0, 0.05) is 21.0 Å². The van der Waals surface area contributed by atoms with Gasteiger partial charge in [0.15, 0.2) is 11.6 Å². The molecule has 0 saturated carbocycles. The molecule has 0 saturated heterocycles. The molecule has 106 valence electrons. The predicted octanol–water partition coefficient (Wildman–Crippen LogP) is 2.30. The second-order valence-corrected chi connectivity index (χ2v) is 6.76. The Hall–Kier alpha value is 1.02. The zero-order valence-electron chi connectivity index (χ0n) is 9.96. The van der Waals surface area contributed by atoms with Crippen LogP contribution in [-0.4, -0.2) is 52.2 Å². The Labute approximate surface area is 179 Å². The van der Waals surface area contributed by atoms with Crippen LogP contribution in [0.3, 0.4) is 0 Å². The topological polar surface area (TPSA) is 97.5 Å². The molecule has 9 heteroatoms. The first-order valence-electron chi connectivity index (χ1n) is 4.77. The Kier molecular flexibility index (Phi) is 12.5. The molecule has 0 spiro atoms. The number of benzene rings is 1. The van der Waals surface area contributed by atoms with Crippen LogP contribution >= 0.6 is 67.8 Å².